The summed E-state index contributed by atoms with van der Waals surface area (Å²) in [6.07, 6.45) is 7.16. The van der Waals surface area contributed by atoms with Gasteiger partial charge in [0.05, 0.1) is 5.41 Å². The van der Waals surface area contributed by atoms with Crippen LogP contribution in [-0.2, 0) is 4.79 Å². The standard InChI is InChI=1S/C12H21NO/c1-9(2)10-8-12(11(14)13-10)6-4-3-5-7-12/h9-10H,3-8H2,1-2H3,(H,13,14). The van der Waals surface area contributed by atoms with Crippen LogP contribution < -0.4 is 5.32 Å². The molecular formula is C12H21NO. The van der Waals surface area contributed by atoms with Crippen LogP contribution >= 0.6 is 0 Å². The molecule has 0 aromatic heterocycles. The molecule has 1 heterocycles. The highest BCUT2D eigenvalue weighted by Gasteiger charge is 2.47. The first-order chi connectivity index (χ1) is 6.64. The van der Waals surface area contributed by atoms with Gasteiger partial charge >= 0.3 is 0 Å². The third-order valence-corrected chi connectivity index (χ3v) is 4.02. The summed E-state index contributed by atoms with van der Waals surface area (Å²) in [6, 6.07) is 0.431. The molecule has 80 valence electrons. The molecule has 1 atom stereocenters. The lowest BCUT2D eigenvalue weighted by atomic mass is 9.71. The molecule has 1 amide bonds. The van der Waals surface area contributed by atoms with E-state index < -0.39 is 0 Å². The average Bonchev–Trinajstić information content (AvgIpc) is 2.46. The highest BCUT2D eigenvalue weighted by molar-refractivity contribution is 5.85. The third kappa shape index (κ3) is 1.55. The fourth-order valence-corrected chi connectivity index (χ4v) is 2.95. The molecule has 2 fully saturated rings. The van der Waals surface area contributed by atoms with E-state index in [0.29, 0.717) is 17.9 Å². The van der Waals surface area contributed by atoms with Crippen LogP contribution in [0.25, 0.3) is 0 Å². The summed E-state index contributed by atoms with van der Waals surface area (Å²) in [4.78, 5) is 12.0. The van der Waals surface area contributed by atoms with Gasteiger partial charge < -0.3 is 5.32 Å². The zero-order valence-electron chi connectivity index (χ0n) is 9.31. The summed E-state index contributed by atoms with van der Waals surface area (Å²) >= 11 is 0. The predicted octanol–water partition coefficient (Wildman–Crippen LogP) is 2.48. The molecule has 1 unspecified atom stereocenters. The Bertz CT molecular complexity index is 228. The first-order valence-electron chi connectivity index (χ1n) is 5.95. The third-order valence-electron chi connectivity index (χ3n) is 4.02. The molecule has 1 aliphatic heterocycles. The van der Waals surface area contributed by atoms with Gasteiger partial charge in [0, 0.05) is 6.04 Å². The van der Waals surface area contributed by atoms with Crippen molar-refractivity contribution in [1.82, 2.24) is 5.32 Å². The van der Waals surface area contributed by atoms with Crippen LogP contribution in [0.5, 0.6) is 0 Å². The fraction of sp³-hybridized carbons (Fsp3) is 0.917. The minimum Gasteiger partial charge on any atom is -0.353 e. The van der Waals surface area contributed by atoms with Crippen LogP contribution in [-0.4, -0.2) is 11.9 Å². The summed E-state index contributed by atoms with van der Waals surface area (Å²) in [5.74, 6) is 0.927. The summed E-state index contributed by atoms with van der Waals surface area (Å²) in [5, 5.41) is 3.17. The van der Waals surface area contributed by atoms with Crippen LogP contribution in [0.1, 0.15) is 52.4 Å². The SMILES string of the molecule is CC(C)C1CC2(CCCCC2)C(=O)N1. The molecule has 1 aliphatic carbocycles. The van der Waals surface area contributed by atoms with Crippen molar-refractivity contribution in [3.05, 3.63) is 0 Å². The molecule has 0 aromatic carbocycles. The van der Waals surface area contributed by atoms with Gasteiger partial charge in [-0.25, -0.2) is 0 Å². The van der Waals surface area contributed by atoms with Crippen LogP contribution in [0.4, 0.5) is 0 Å². The molecule has 2 nitrogen and oxygen atoms in total. The zero-order chi connectivity index (χ0) is 10.2. The molecule has 2 heteroatoms. The second-order valence-corrected chi connectivity index (χ2v) is 5.37. The summed E-state index contributed by atoms with van der Waals surface area (Å²) in [5.41, 5.74) is 0.0349. The maximum atomic E-state index is 12.0. The smallest absolute Gasteiger partial charge is 0.226 e. The van der Waals surface area contributed by atoms with E-state index in [0.717, 1.165) is 19.3 Å². The molecule has 2 rings (SSSR count). The van der Waals surface area contributed by atoms with E-state index in [4.69, 9.17) is 0 Å². The number of hydrogen-bond donors (Lipinski definition) is 1. The molecule has 1 N–H and O–H groups in total. The highest BCUT2D eigenvalue weighted by Crippen LogP contribution is 2.44. The summed E-state index contributed by atoms with van der Waals surface area (Å²) < 4.78 is 0. The van der Waals surface area contributed by atoms with E-state index in [1.165, 1.54) is 19.3 Å². The molecule has 2 aliphatic rings. The van der Waals surface area contributed by atoms with Crippen molar-refractivity contribution >= 4 is 5.91 Å². The van der Waals surface area contributed by atoms with Crippen molar-refractivity contribution in [3.8, 4) is 0 Å². The first kappa shape index (κ1) is 10.0. The monoisotopic (exact) mass is 195 g/mol. The quantitative estimate of drug-likeness (QED) is 0.684. The predicted molar refractivity (Wildman–Crippen MR) is 56.9 cm³/mol. The molecule has 0 bridgehead atoms. The number of rotatable bonds is 1. The minimum atomic E-state index is 0.0349. The van der Waals surface area contributed by atoms with Gasteiger partial charge in [0.2, 0.25) is 5.91 Å². The van der Waals surface area contributed by atoms with E-state index in [1.807, 2.05) is 0 Å². The Morgan fingerprint density at radius 2 is 1.93 bits per heavy atom. The molecule has 1 saturated heterocycles. The summed E-state index contributed by atoms with van der Waals surface area (Å²) in [6.45, 7) is 4.40. The fourth-order valence-electron chi connectivity index (χ4n) is 2.95. The molecule has 0 radical (unpaired) electrons. The molecule has 0 aromatic rings. The first-order valence-corrected chi connectivity index (χ1v) is 5.95. The maximum absolute atomic E-state index is 12.0. The second kappa shape index (κ2) is 3.56. The average molecular weight is 195 g/mol. The topological polar surface area (TPSA) is 29.1 Å². The van der Waals surface area contributed by atoms with Crippen LogP contribution in [0, 0.1) is 11.3 Å². The van der Waals surface area contributed by atoms with Crippen molar-refractivity contribution in [3.63, 3.8) is 0 Å². The van der Waals surface area contributed by atoms with E-state index in [9.17, 15) is 4.79 Å². The van der Waals surface area contributed by atoms with Crippen LogP contribution in [0.3, 0.4) is 0 Å². The van der Waals surface area contributed by atoms with Crippen molar-refractivity contribution in [1.29, 1.82) is 0 Å². The number of hydrogen-bond acceptors (Lipinski definition) is 1. The van der Waals surface area contributed by atoms with E-state index in [2.05, 4.69) is 19.2 Å². The van der Waals surface area contributed by atoms with Crippen molar-refractivity contribution < 1.29 is 4.79 Å². The van der Waals surface area contributed by atoms with Crippen molar-refractivity contribution in [2.75, 3.05) is 0 Å². The van der Waals surface area contributed by atoms with Gasteiger partial charge in [-0.1, -0.05) is 33.1 Å². The Kier molecular flexibility index (Phi) is 2.54. The minimum absolute atomic E-state index is 0.0349. The zero-order valence-corrected chi connectivity index (χ0v) is 9.31. The maximum Gasteiger partial charge on any atom is 0.226 e. The second-order valence-electron chi connectivity index (χ2n) is 5.37. The number of carbonyl (C=O) groups is 1. The van der Waals surface area contributed by atoms with Crippen LogP contribution in [0.15, 0.2) is 0 Å². The molecule has 1 spiro atoms. The normalized spacial score (nSPS) is 31.1. The van der Waals surface area contributed by atoms with Gasteiger partial charge in [0.15, 0.2) is 0 Å². The number of nitrogens with one attached hydrogen (secondary N) is 1. The van der Waals surface area contributed by atoms with E-state index >= 15 is 0 Å². The lowest BCUT2D eigenvalue weighted by molar-refractivity contribution is -0.129. The molecule has 1 saturated carbocycles. The van der Waals surface area contributed by atoms with Crippen molar-refractivity contribution in [2.45, 2.75) is 58.4 Å². The number of carbonyl (C=O) groups excluding carboxylic acids is 1. The van der Waals surface area contributed by atoms with Gasteiger partial charge in [0.1, 0.15) is 0 Å². The van der Waals surface area contributed by atoms with Gasteiger partial charge in [-0.2, -0.15) is 0 Å². The Morgan fingerprint density at radius 1 is 1.29 bits per heavy atom. The largest absolute Gasteiger partial charge is 0.353 e. The van der Waals surface area contributed by atoms with Crippen molar-refractivity contribution in [2.24, 2.45) is 11.3 Å². The Labute approximate surface area is 86.5 Å². The lowest BCUT2D eigenvalue weighted by Crippen LogP contribution is -2.34. The summed E-state index contributed by atoms with van der Waals surface area (Å²) in [7, 11) is 0. The van der Waals surface area contributed by atoms with Gasteiger partial charge in [-0.3, -0.25) is 4.79 Å². The Hall–Kier alpha value is -0.530. The number of amides is 1. The molecule has 14 heavy (non-hydrogen) atoms. The molecular weight excluding hydrogens is 174 g/mol. The van der Waals surface area contributed by atoms with Gasteiger partial charge in [-0.15, -0.1) is 0 Å². The Morgan fingerprint density at radius 3 is 2.43 bits per heavy atom. The van der Waals surface area contributed by atoms with Gasteiger partial charge in [-0.05, 0) is 25.2 Å². The van der Waals surface area contributed by atoms with Gasteiger partial charge in [0.25, 0.3) is 0 Å². The van der Waals surface area contributed by atoms with E-state index in [-0.39, 0.29) is 5.41 Å². The van der Waals surface area contributed by atoms with E-state index in [1.54, 1.807) is 0 Å². The Balaban J connectivity index is 2.09. The lowest BCUT2D eigenvalue weighted by Gasteiger charge is -2.30. The van der Waals surface area contributed by atoms with Crippen LogP contribution in [0.2, 0.25) is 0 Å². The highest BCUT2D eigenvalue weighted by atomic mass is 16.2.